The van der Waals surface area contributed by atoms with Crippen molar-refractivity contribution < 1.29 is 0 Å². The number of fused-ring (bicyclic) bond motifs is 1. The predicted octanol–water partition coefficient (Wildman–Crippen LogP) is 1.86. The molecule has 20 heavy (non-hydrogen) atoms. The highest BCUT2D eigenvalue weighted by molar-refractivity contribution is 5.33. The van der Waals surface area contributed by atoms with Crippen molar-refractivity contribution in [2.24, 2.45) is 0 Å². The molecular weight excluding hydrogens is 246 g/mol. The molecule has 2 aliphatic heterocycles. The smallest absolute Gasteiger partial charge is 0.0233 e. The third-order valence-electron chi connectivity index (χ3n) is 4.85. The van der Waals surface area contributed by atoms with Crippen LogP contribution in [-0.2, 0) is 19.5 Å². The Morgan fingerprint density at radius 3 is 2.75 bits per heavy atom. The van der Waals surface area contributed by atoms with E-state index >= 15 is 0 Å². The van der Waals surface area contributed by atoms with Crippen molar-refractivity contribution in [3.05, 3.63) is 34.9 Å². The Labute approximate surface area is 123 Å². The van der Waals surface area contributed by atoms with Gasteiger partial charge in [0, 0.05) is 19.1 Å². The minimum absolute atomic E-state index is 0.777. The van der Waals surface area contributed by atoms with Gasteiger partial charge in [0.1, 0.15) is 0 Å². The molecule has 3 nitrogen and oxygen atoms in total. The van der Waals surface area contributed by atoms with E-state index in [2.05, 4.69) is 47.4 Å². The maximum atomic E-state index is 3.47. The molecule has 0 amide bonds. The van der Waals surface area contributed by atoms with Gasteiger partial charge < -0.3 is 10.2 Å². The predicted molar refractivity (Wildman–Crippen MR) is 83.8 cm³/mol. The van der Waals surface area contributed by atoms with E-state index in [1.807, 2.05) is 0 Å². The van der Waals surface area contributed by atoms with Crippen LogP contribution >= 0.6 is 0 Å². The highest BCUT2D eigenvalue weighted by atomic mass is 15.2. The SMILES string of the molecule is CN(C)C1CCN(Cc2ccc3c(c2)CNCC3)CC1. The molecule has 0 saturated carbocycles. The lowest BCUT2D eigenvalue weighted by Crippen LogP contribution is -2.41. The van der Waals surface area contributed by atoms with Crippen LogP contribution in [0.1, 0.15) is 29.5 Å². The van der Waals surface area contributed by atoms with Gasteiger partial charge in [-0.25, -0.2) is 0 Å². The molecule has 110 valence electrons. The van der Waals surface area contributed by atoms with Gasteiger partial charge in [-0.15, -0.1) is 0 Å². The molecule has 1 saturated heterocycles. The summed E-state index contributed by atoms with van der Waals surface area (Å²) in [6.45, 7) is 5.76. The number of hydrogen-bond donors (Lipinski definition) is 1. The molecule has 2 aliphatic rings. The standard InChI is InChI=1S/C17H27N3/c1-19(2)17-6-9-20(10-7-17)13-14-3-4-15-5-8-18-12-16(15)11-14/h3-4,11,17-18H,5-10,12-13H2,1-2H3. The van der Waals surface area contributed by atoms with Crippen molar-refractivity contribution in [1.29, 1.82) is 0 Å². The van der Waals surface area contributed by atoms with Gasteiger partial charge in [0.05, 0.1) is 0 Å². The number of nitrogens with one attached hydrogen (secondary N) is 1. The van der Waals surface area contributed by atoms with Crippen LogP contribution in [0.2, 0.25) is 0 Å². The summed E-state index contributed by atoms with van der Waals surface area (Å²) < 4.78 is 0. The van der Waals surface area contributed by atoms with Crippen LogP contribution in [-0.4, -0.2) is 49.6 Å². The molecule has 1 fully saturated rings. The van der Waals surface area contributed by atoms with Crippen molar-refractivity contribution in [2.45, 2.75) is 38.4 Å². The minimum atomic E-state index is 0.777. The number of hydrogen-bond acceptors (Lipinski definition) is 3. The summed E-state index contributed by atoms with van der Waals surface area (Å²) in [5.74, 6) is 0. The number of piperidine rings is 1. The highest BCUT2D eigenvalue weighted by Gasteiger charge is 2.20. The third kappa shape index (κ3) is 3.22. The number of benzene rings is 1. The van der Waals surface area contributed by atoms with Crippen molar-refractivity contribution in [3.8, 4) is 0 Å². The van der Waals surface area contributed by atoms with Crippen LogP contribution in [0.4, 0.5) is 0 Å². The Hall–Kier alpha value is -0.900. The van der Waals surface area contributed by atoms with Gasteiger partial charge in [0.25, 0.3) is 0 Å². The van der Waals surface area contributed by atoms with Crippen LogP contribution in [0.3, 0.4) is 0 Å². The molecule has 1 N–H and O–H groups in total. The lowest BCUT2D eigenvalue weighted by molar-refractivity contribution is 0.140. The molecule has 3 heteroatoms. The first-order valence-corrected chi connectivity index (χ1v) is 7.92. The number of rotatable bonds is 3. The van der Waals surface area contributed by atoms with E-state index in [0.29, 0.717) is 0 Å². The van der Waals surface area contributed by atoms with E-state index in [4.69, 9.17) is 0 Å². The molecule has 1 aromatic carbocycles. The first kappa shape index (κ1) is 14.1. The second-order valence-corrected chi connectivity index (χ2v) is 6.50. The Morgan fingerprint density at radius 1 is 1.20 bits per heavy atom. The topological polar surface area (TPSA) is 18.5 Å². The summed E-state index contributed by atoms with van der Waals surface area (Å²) in [4.78, 5) is 4.99. The van der Waals surface area contributed by atoms with E-state index in [9.17, 15) is 0 Å². The lowest BCUT2D eigenvalue weighted by Gasteiger charge is -2.35. The van der Waals surface area contributed by atoms with E-state index < -0.39 is 0 Å². The van der Waals surface area contributed by atoms with Crippen molar-refractivity contribution in [2.75, 3.05) is 33.7 Å². The van der Waals surface area contributed by atoms with Crippen LogP contribution in [0.5, 0.6) is 0 Å². The second kappa shape index (κ2) is 6.25. The zero-order valence-corrected chi connectivity index (χ0v) is 12.9. The fourth-order valence-corrected chi connectivity index (χ4v) is 3.48. The quantitative estimate of drug-likeness (QED) is 0.907. The number of nitrogens with zero attached hydrogens (tertiary/aromatic N) is 2. The molecule has 0 atom stereocenters. The van der Waals surface area contributed by atoms with Gasteiger partial charge in [-0.1, -0.05) is 18.2 Å². The average molecular weight is 273 g/mol. The average Bonchev–Trinajstić information content (AvgIpc) is 2.48. The highest BCUT2D eigenvalue weighted by Crippen LogP contribution is 2.20. The fraction of sp³-hybridized carbons (Fsp3) is 0.647. The van der Waals surface area contributed by atoms with Crippen LogP contribution < -0.4 is 5.32 Å². The molecular formula is C17H27N3. The van der Waals surface area contributed by atoms with Gasteiger partial charge in [0.15, 0.2) is 0 Å². The van der Waals surface area contributed by atoms with E-state index in [1.165, 1.54) is 43.5 Å². The minimum Gasteiger partial charge on any atom is -0.312 e. The number of likely N-dealkylation sites (tertiary alicyclic amines) is 1. The monoisotopic (exact) mass is 273 g/mol. The molecule has 0 aliphatic carbocycles. The molecule has 0 unspecified atom stereocenters. The van der Waals surface area contributed by atoms with Gasteiger partial charge in [-0.05, 0) is 69.7 Å². The summed E-state index contributed by atoms with van der Waals surface area (Å²) in [5, 5.41) is 3.47. The summed E-state index contributed by atoms with van der Waals surface area (Å²) in [6, 6.07) is 7.87. The zero-order valence-electron chi connectivity index (χ0n) is 12.9. The van der Waals surface area contributed by atoms with Gasteiger partial charge in [-0.2, -0.15) is 0 Å². The lowest BCUT2D eigenvalue weighted by atomic mass is 9.97. The Bertz CT molecular complexity index is 448. The van der Waals surface area contributed by atoms with E-state index in [-0.39, 0.29) is 0 Å². The fourth-order valence-electron chi connectivity index (χ4n) is 3.48. The molecule has 0 aromatic heterocycles. The first-order valence-electron chi connectivity index (χ1n) is 7.92. The third-order valence-corrected chi connectivity index (χ3v) is 4.85. The normalized spacial score (nSPS) is 21.1. The van der Waals surface area contributed by atoms with Crippen LogP contribution in [0.25, 0.3) is 0 Å². The van der Waals surface area contributed by atoms with Crippen molar-refractivity contribution in [3.63, 3.8) is 0 Å². The summed E-state index contributed by atoms with van der Waals surface area (Å²) in [5.41, 5.74) is 4.53. The summed E-state index contributed by atoms with van der Waals surface area (Å²) in [6.07, 6.45) is 3.79. The molecule has 0 bridgehead atoms. The van der Waals surface area contributed by atoms with E-state index in [0.717, 1.165) is 25.7 Å². The molecule has 1 aromatic rings. The van der Waals surface area contributed by atoms with Crippen LogP contribution in [0, 0.1) is 0 Å². The van der Waals surface area contributed by atoms with E-state index in [1.54, 1.807) is 5.56 Å². The Kier molecular flexibility index (Phi) is 4.39. The van der Waals surface area contributed by atoms with Crippen molar-refractivity contribution >= 4 is 0 Å². The summed E-state index contributed by atoms with van der Waals surface area (Å²) in [7, 11) is 4.41. The Balaban J connectivity index is 1.59. The van der Waals surface area contributed by atoms with Crippen molar-refractivity contribution in [1.82, 2.24) is 15.1 Å². The van der Waals surface area contributed by atoms with Gasteiger partial charge in [0.2, 0.25) is 0 Å². The Morgan fingerprint density at radius 2 is 2.00 bits per heavy atom. The van der Waals surface area contributed by atoms with Crippen LogP contribution in [0.15, 0.2) is 18.2 Å². The van der Waals surface area contributed by atoms with Gasteiger partial charge >= 0.3 is 0 Å². The maximum absolute atomic E-state index is 3.47. The molecule has 0 spiro atoms. The largest absolute Gasteiger partial charge is 0.312 e. The molecule has 0 radical (unpaired) electrons. The molecule has 3 rings (SSSR count). The second-order valence-electron chi connectivity index (χ2n) is 6.50. The first-order chi connectivity index (χ1) is 9.72. The van der Waals surface area contributed by atoms with Gasteiger partial charge in [-0.3, -0.25) is 4.90 Å². The zero-order chi connectivity index (χ0) is 13.9. The summed E-state index contributed by atoms with van der Waals surface area (Å²) >= 11 is 0. The molecule has 2 heterocycles. The maximum Gasteiger partial charge on any atom is 0.0233 e.